The highest BCUT2D eigenvalue weighted by Gasteiger charge is 2.13. The highest BCUT2D eigenvalue weighted by molar-refractivity contribution is 5.78. The van der Waals surface area contributed by atoms with Crippen LogP contribution in [-0.2, 0) is 0 Å². The van der Waals surface area contributed by atoms with Gasteiger partial charge in [0.25, 0.3) is 0 Å². The zero-order chi connectivity index (χ0) is 21.6. The molecule has 0 saturated heterocycles. The Balaban J connectivity index is 1.52. The van der Waals surface area contributed by atoms with Crippen molar-refractivity contribution < 1.29 is 0 Å². The number of rotatable bonds is 6. The fourth-order valence-corrected chi connectivity index (χ4v) is 3.56. The van der Waals surface area contributed by atoms with Crippen molar-refractivity contribution in [1.29, 1.82) is 0 Å². The Morgan fingerprint density at radius 2 is 1.25 bits per heavy atom. The van der Waals surface area contributed by atoms with Crippen molar-refractivity contribution in [3.63, 3.8) is 0 Å². The lowest BCUT2D eigenvalue weighted by molar-refractivity contribution is 1.00. The van der Waals surface area contributed by atoms with Gasteiger partial charge in [0, 0.05) is 16.8 Å². The summed E-state index contributed by atoms with van der Waals surface area (Å²) in [4.78, 5) is 14.2. The molecular formula is C27H23N5. The second-order valence-electron chi connectivity index (χ2n) is 7.47. The van der Waals surface area contributed by atoms with E-state index in [1.807, 2.05) is 84.9 Å². The number of aromatic nitrogens is 3. The second-order valence-corrected chi connectivity index (χ2v) is 7.47. The van der Waals surface area contributed by atoms with Gasteiger partial charge in [-0.15, -0.1) is 0 Å². The van der Waals surface area contributed by atoms with Crippen molar-refractivity contribution in [3.05, 3.63) is 109 Å². The summed E-state index contributed by atoms with van der Waals surface area (Å²) in [5.74, 6) is 1.83. The van der Waals surface area contributed by atoms with Crippen LogP contribution in [0.3, 0.4) is 0 Å². The third-order valence-corrected chi connectivity index (χ3v) is 5.15. The average molecular weight is 418 g/mol. The summed E-state index contributed by atoms with van der Waals surface area (Å²) in [6, 6.07) is 28.1. The van der Waals surface area contributed by atoms with E-state index in [9.17, 15) is 0 Å². The normalized spacial score (nSPS) is 12.8. The van der Waals surface area contributed by atoms with Gasteiger partial charge in [0.2, 0.25) is 5.95 Å². The first kappa shape index (κ1) is 19.7. The molecule has 0 fully saturated rings. The Kier molecular flexibility index (Phi) is 5.70. The molecule has 0 bridgehead atoms. The minimum absolute atomic E-state index is 0.510. The molecule has 5 rings (SSSR count). The van der Waals surface area contributed by atoms with Crippen LogP contribution in [-0.4, -0.2) is 15.0 Å². The largest absolute Gasteiger partial charge is 0.354 e. The van der Waals surface area contributed by atoms with Gasteiger partial charge in [-0.05, 0) is 37.1 Å². The van der Waals surface area contributed by atoms with Crippen molar-refractivity contribution in [2.75, 3.05) is 10.6 Å². The molecule has 0 spiro atoms. The van der Waals surface area contributed by atoms with Crippen molar-refractivity contribution in [2.24, 2.45) is 0 Å². The van der Waals surface area contributed by atoms with Gasteiger partial charge in [-0.25, -0.2) is 4.98 Å². The van der Waals surface area contributed by atoms with Gasteiger partial charge in [-0.3, -0.25) is 0 Å². The van der Waals surface area contributed by atoms with Crippen LogP contribution in [0.2, 0.25) is 0 Å². The predicted molar refractivity (Wildman–Crippen MR) is 131 cm³/mol. The van der Waals surface area contributed by atoms with Crippen molar-refractivity contribution in [2.45, 2.75) is 12.8 Å². The number of nitrogens with zero attached hydrogens (tertiary/aromatic N) is 3. The molecule has 156 valence electrons. The Hall–Kier alpha value is -4.25. The zero-order valence-electron chi connectivity index (χ0n) is 17.6. The molecule has 3 aromatic carbocycles. The van der Waals surface area contributed by atoms with Gasteiger partial charge in [0.05, 0.1) is 11.4 Å². The molecule has 2 N–H and O–H groups in total. The number of hydrogen-bond acceptors (Lipinski definition) is 5. The monoisotopic (exact) mass is 417 g/mol. The van der Waals surface area contributed by atoms with Gasteiger partial charge < -0.3 is 10.6 Å². The van der Waals surface area contributed by atoms with Crippen LogP contribution in [0.25, 0.3) is 17.0 Å². The number of hydrogen-bond donors (Lipinski definition) is 2. The minimum Gasteiger partial charge on any atom is -0.354 e. The minimum atomic E-state index is 0.510. The maximum atomic E-state index is 4.76. The lowest BCUT2D eigenvalue weighted by atomic mass is 10.1. The SMILES string of the molecule is C1=CC(c2nc(Nc3ccccc3Nc3ccccc3)nc(-c3ccccc3)n2)=CCC1. The van der Waals surface area contributed by atoms with E-state index < -0.39 is 0 Å². The topological polar surface area (TPSA) is 62.7 Å². The number of benzene rings is 3. The third kappa shape index (κ3) is 4.57. The molecular weight excluding hydrogens is 394 g/mol. The summed E-state index contributed by atoms with van der Waals surface area (Å²) in [6.45, 7) is 0. The summed E-state index contributed by atoms with van der Waals surface area (Å²) in [5, 5.41) is 6.87. The molecule has 1 heterocycles. The number of allylic oxidation sites excluding steroid dienone is 4. The number of nitrogens with one attached hydrogen (secondary N) is 2. The molecule has 4 aromatic rings. The van der Waals surface area contributed by atoms with E-state index in [1.165, 1.54) is 0 Å². The summed E-state index contributed by atoms with van der Waals surface area (Å²) in [6.07, 6.45) is 8.46. The third-order valence-electron chi connectivity index (χ3n) is 5.15. The molecule has 1 aliphatic rings. The van der Waals surface area contributed by atoms with Gasteiger partial charge in [0.1, 0.15) is 0 Å². The van der Waals surface area contributed by atoms with Gasteiger partial charge in [-0.1, -0.05) is 78.9 Å². The van der Waals surface area contributed by atoms with Gasteiger partial charge in [-0.2, -0.15) is 9.97 Å². The molecule has 1 aromatic heterocycles. The zero-order valence-corrected chi connectivity index (χ0v) is 17.6. The highest BCUT2D eigenvalue weighted by Crippen LogP contribution is 2.29. The van der Waals surface area contributed by atoms with E-state index in [1.54, 1.807) is 0 Å². The van der Waals surface area contributed by atoms with E-state index in [2.05, 4.69) is 28.9 Å². The summed E-state index contributed by atoms with van der Waals surface area (Å²) >= 11 is 0. The van der Waals surface area contributed by atoms with Crippen molar-refractivity contribution in [1.82, 2.24) is 15.0 Å². The molecule has 0 radical (unpaired) electrons. The van der Waals surface area contributed by atoms with Gasteiger partial charge in [0.15, 0.2) is 11.6 Å². The molecule has 0 saturated carbocycles. The maximum absolute atomic E-state index is 4.76. The van der Waals surface area contributed by atoms with E-state index >= 15 is 0 Å². The predicted octanol–water partition coefficient (Wildman–Crippen LogP) is 6.76. The molecule has 0 aliphatic heterocycles. The van der Waals surface area contributed by atoms with E-state index in [0.29, 0.717) is 17.6 Å². The standard InChI is InChI=1S/C27H23N5/c1-4-12-20(13-5-1)25-30-26(21-14-6-2-7-15-21)32-27(31-25)29-24-19-11-10-18-23(24)28-22-16-8-3-9-17-22/h1,3-6,8-19,28H,2,7H2,(H,29,30,31,32). The van der Waals surface area contributed by atoms with Crippen LogP contribution >= 0.6 is 0 Å². The number of anilines is 4. The first-order chi connectivity index (χ1) is 15.8. The summed E-state index contributed by atoms with van der Waals surface area (Å²) in [5.41, 5.74) is 4.82. The van der Waals surface area contributed by atoms with E-state index in [-0.39, 0.29) is 0 Å². The Labute approximate surface area is 187 Å². The summed E-state index contributed by atoms with van der Waals surface area (Å²) < 4.78 is 0. The van der Waals surface area contributed by atoms with E-state index in [4.69, 9.17) is 15.0 Å². The van der Waals surface area contributed by atoms with Crippen LogP contribution in [0.4, 0.5) is 23.0 Å². The first-order valence-electron chi connectivity index (χ1n) is 10.7. The Morgan fingerprint density at radius 3 is 1.97 bits per heavy atom. The molecule has 32 heavy (non-hydrogen) atoms. The fraction of sp³-hybridized carbons (Fsp3) is 0.0741. The number of para-hydroxylation sites is 3. The van der Waals surface area contributed by atoms with Crippen LogP contribution in [0.1, 0.15) is 18.7 Å². The maximum Gasteiger partial charge on any atom is 0.231 e. The second kappa shape index (κ2) is 9.27. The molecule has 0 unspecified atom stereocenters. The average Bonchev–Trinajstić information content (AvgIpc) is 2.87. The lowest BCUT2D eigenvalue weighted by Crippen LogP contribution is -2.06. The summed E-state index contributed by atoms with van der Waals surface area (Å²) in [7, 11) is 0. The molecule has 0 atom stereocenters. The molecule has 1 aliphatic carbocycles. The van der Waals surface area contributed by atoms with Crippen LogP contribution in [0.15, 0.2) is 103 Å². The highest BCUT2D eigenvalue weighted by atomic mass is 15.2. The van der Waals surface area contributed by atoms with Crippen molar-refractivity contribution in [3.8, 4) is 11.4 Å². The van der Waals surface area contributed by atoms with Crippen LogP contribution < -0.4 is 10.6 Å². The smallest absolute Gasteiger partial charge is 0.231 e. The van der Waals surface area contributed by atoms with Gasteiger partial charge >= 0.3 is 0 Å². The molecule has 0 amide bonds. The first-order valence-corrected chi connectivity index (χ1v) is 10.7. The molecule has 5 heteroatoms. The quantitative estimate of drug-likeness (QED) is 0.363. The Bertz CT molecular complexity index is 1260. The lowest BCUT2D eigenvalue weighted by Gasteiger charge is -2.15. The van der Waals surface area contributed by atoms with Crippen LogP contribution in [0, 0.1) is 0 Å². The molecule has 5 nitrogen and oxygen atoms in total. The fourth-order valence-electron chi connectivity index (χ4n) is 3.56. The van der Waals surface area contributed by atoms with Crippen molar-refractivity contribution >= 4 is 28.6 Å². The van der Waals surface area contributed by atoms with E-state index in [0.717, 1.165) is 41.0 Å². The van der Waals surface area contributed by atoms with Crippen LogP contribution in [0.5, 0.6) is 0 Å². The Morgan fingerprint density at radius 1 is 0.594 bits per heavy atom.